The summed E-state index contributed by atoms with van der Waals surface area (Å²) in [6.45, 7) is 7.97. The predicted molar refractivity (Wildman–Crippen MR) is 125 cm³/mol. The highest BCUT2D eigenvalue weighted by atomic mass is 19.1. The van der Waals surface area contributed by atoms with E-state index in [1.807, 2.05) is 27.7 Å². The van der Waals surface area contributed by atoms with Gasteiger partial charge in [-0.2, -0.15) is 5.10 Å². The fraction of sp³-hybridized carbons (Fsp3) is 0.304. The van der Waals surface area contributed by atoms with Gasteiger partial charge in [0.05, 0.1) is 10.9 Å². The van der Waals surface area contributed by atoms with Gasteiger partial charge in [-0.15, -0.1) is 0 Å². The highest BCUT2D eigenvalue weighted by Crippen LogP contribution is 2.23. The first-order valence-corrected chi connectivity index (χ1v) is 10.8. The van der Waals surface area contributed by atoms with E-state index in [9.17, 15) is 18.8 Å². The smallest absolute Gasteiger partial charge is 0.322 e. The van der Waals surface area contributed by atoms with Gasteiger partial charge in [-0.1, -0.05) is 27.7 Å². The van der Waals surface area contributed by atoms with Gasteiger partial charge in [-0.05, 0) is 36.1 Å². The molecule has 10 nitrogen and oxygen atoms in total. The molecule has 0 bridgehead atoms. The second kappa shape index (κ2) is 9.00. The molecule has 0 saturated heterocycles. The van der Waals surface area contributed by atoms with Crippen molar-refractivity contribution in [2.45, 2.75) is 40.2 Å². The van der Waals surface area contributed by atoms with Gasteiger partial charge in [0.15, 0.2) is 11.5 Å². The minimum atomic E-state index is -0.708. The molecular formula is C23H24FN7O3. The van der Waals surface area contributed by atoms with Crippen molar-refractivity contribution in [3.05, 3.63) is 74.8 Å². The number of benzene rings is 1. The number of anilines is 1. The number of nitrogens with zero attached hydrogens (tertiary/aromatic N) is 5. The van der Waals surface area contributed by atoms with E-state index in [2.05, 4.69) is 25.4 Å². The molecule has 0 radical (unpaired) electrons. The van der Waals surface area contributed by atoms with Crippen molar-refractivity contribution in [1.82, 2.24) is 29.3 Å². The molecular weight excluding hydrogens is 441 g/mol. The Bertz CT molecular complexity index is 1490. The molecule has 0 atom stereocenters. The third-order valence-corrected chi connectivity index (χ3v) is 5.22. The lowest BCUT2D eigenvalue weighted by atomic mass is 10.0. The summed E-state index contributed by atoms with van der Waals surface area (Å²) in [6.07, 6.45) is 2.64. The molecule has 34 heavy (non-hydrogen) atoms. The number of aromatic nitrogens is 6. The number of nitrogens with one attached hydrogen (secondary N) is 2. The molecule has 4 aromatic rings. The van der Waals surface area contributed by atoms with Crippen LogP contribution in [0.2, 0.25) is 0 Å². The number of H-pyrrole nitrogens is 1. The Morgan fingerprint density at radius 3 is 2.56 bits per heavy atom. The average Bonchev–Trinajstić information content (AvgIpc) is 3.30. The normalized spacial score (nSPS) is 11.5. The molecule has 0 aliphatic rings. The zero-order valence-corrected chi connectivity index (χ0v) is 19.2. The topological polar surface area (TPSA) is 128 Å². The molecule has 176 valence electrons. The second-order valence-corrected chi connectivity index (χ2v) is 8.67. The molecule has 0 unspecified atom stereocenters. The first kappa shape index (κ1) is 23.0. The van der Waals surface area contributed by atoms with E-state index in [0.717, 1.165) is 6.07 Å². The molecule has 11 heteroatoms. The van der Waals surface area contributed by atoms with Crippen LogP contribution in [0.25, 0.3) is 16.7 Å². The number of hydrogen-bond donors (Lipinski definition) is 2. The molecule has 2 N–H and O–H groups in total. The summed E-state index contributed by atoms with van der Waals surface area (Å²) >= 11 is 0. The molecule has 1 amide bonds. The Morgan fingerprint density at radius 1 is 1.18 bits per heavy atom. The van der Waals surface area contributed by atoms with Gasteiger partial charge < -0.3 is 5.32 Å². The van der Waals surface area contributed by atoms with E-state index in [1.54, 1.807) is 0 Å². The number of carbonyl (C=O) groups excluding carboxylic acids is 1. The quantitative estimate of drug-likeness (QED) is 0.451. The highest BCUT2D eigenvalue weighted by Gasteiger charge is 2.21. The molecule has 0 spiro atoms. The molecule has 0 aliphatic carbocycles. The van der Waals surface area contributed by atoms with Crippen molar-refractivity contribution in [2.24, 2.45) is 5.92 Å². The maximum atomic E-state index is 14.6. The van der Waals surface area contributed by atoms with Gasteiger partial charge in [-0.3, -0.25) is 19.1 Å². The number of halogens is 1. The minimum absolute atomic E-state index is 0.00172. The number of carbonyl (C=O) groups is 1. The van der Waals surface area contributed by atoms with Gasteiger partial charge in [0.2, 0.25) is 0 Å². The summed E-state index contributed by atoms with van der Waals surface area (Å²) in [5, 5.41) is 6.54. The average molecular weight is 465 g/mol. The Morgan fingerprint density at radius 2 is 1.94 bits per heavy atom. The summed E-state index contributed by atoms with van der Waals surface area (Å²) in [5.41, 5.74) is -0.194. The van der Waals surface area contributed by atoms with Crippen LogP contribution in [-0.4, -0.2) is 35.2 Å². The summed E-state index contributed by atoms with van der Waals surface area (Å²) in [7, 11) is 0. The number of pyridine rings is 1. The van der Waals surface area contributed by atoms with Crippen molar-refractivity contribution in [1.29, 1.82) is 0 Å². The summed E-state index contributed by atoms with van der Waals surface area (Å²) in [5.74, 6) is -1.21. The SMILES string of the molecule is CC(C)Cn1c(=O)[nH]c(=O)c2c(C(=O)Nc3ccc(-n4cncn4)c(F)c3)cc(C(C)C)nc21. The maximum absolute atomic E-state index is 14.6. The number of amides is 1. The first-order valence-electron chi connectivity index (χ1n) is 10.8. The van der Waals surface area contributed by atoms with Crippen LogP contribution in [0.3, 0.4) is 0 Å². The van der Waals surface area contributed by atoms with E-state index in [1.165, 1.54) is 40.1 Å². The first-order chi connectivity index (χ1) is 16.2. The number of hydrogen-bond acceptors (Lipinski definition) is 6. The van der Waals surface area contributed by atoms with E-state index >= 15 is 0 Å². The lowest BCUT2D eigenvalue weighted by Gasteiger charge is -2.16. The second-order valence-electron chi connectivity index (χ2n) is 8.67. The van der Waals surface area contributed by atoms with Gasteiger partial charge in [0.1, 0.15) is 18.3 Å². The molecule has 0 saturated carbocycles. The number of aromatic amines is 1. The zero-order valence-electron chi connectivity index (χ0n) is 19.2. The summed E-state index contributed by atoms with van der Waals surface area (Å²) in [4.78, 5) is 49.2. The van der Waals surface area contributed by atoms with Gasteiger partial charge >= 0.3 is 5.69 Å². The Labute approximate surface area is 193 Å². The molecule has 4 rings (SSSR count). The Hall–Kier alpha value is -4.15. The van der Waals surface area contributed by atoms with Crippen LogP contribution >= 0.6 is 0 Å². The zero-order chi connectivity index (χ0) is 24.6. The Kier molecular flexibility index (Phi) is 6.10. The number of rotatable bonds is 6. The highest BCUT2D eigenvalue weighted by molar-refractivity contribution is 6.11. The van der Waals surface area contributed by atoms with Crippen molar-refractivity contribution in [3.63, 3.8) is 0 Å². The van der Waals surface area contributed by atoms with E-state index < -0.39 is 23.0 Å². The summed E-state index contributed by atoms with van der Waals surface area (Å²) in [6, 6.07) is 5.66. The van der Waals surface area contributed by atoms with Crippen LogP contribution in [0.1, 0.15) is 49.7 Å². The molecule has 3 aromatic heterocycles. The van der Waals surface area contributed by atoms with Gasteiger partial charge in [0, 0.05) is 17.9 Å². The number of fused-ring (bicyclic) bond motifs is 1. The molecule has 0 aliphatic heterocycles. The van der Waals surface area contributed by atoms with Crippen molar-refractivity contribution < 1.29 is 9.18 Å². The van der Waals surface area contributed by atoms with Crippen molar-refractivity contribution in [2.75, 3.05) is 5.32 Å². The van der Waals surface area contributed by atoms with Crippen molar-refractivity contribution >= 4 is 22.6 Å². The molecule has 0 fully saturated rings. The Balaban J connectivity index is 1.82. The van der Waals surface area contributed by atoms with Crippen LogP contribution in [-0.2, 0) is 6.54 Å². The van der Waals surface area contributed by atoms with Gasteiger partial charge in [-0.25, -0.2) is 23.8 Å². The van der Waals surface area contributed by atoms with Gasteiger partial charge in [0.25, 0.3) is 11.5 Å². The summed E-state index contributed by atoms with van der Waals surface area (Å²) < 4.78 is 17.3. The fourth-order valence-electron chi connectivity index (χ4n) is 3.60. The molecule has 3 heterocycles. The lowest BCUT2D eigenvalue weighted by Crippen LogP contribution is -2.33. The van der Waals surface area contributed by atoms with Crippen molar-refractivity contribution in [3.8, 4) is 5.69 Å². The van der Waals surface area contributed by atoms with Crippen LogP contribution in [0.5, 0.6) is 0 Å². The van der Waals surface area contributed by atoms with Crippen LogP contribution in [0.15, 0.2) is 46.5 Å². The standard InChI is InChI=1S/C23H24FN7O3/c1-12(2)9-30-20-19(22(33)29-23(30)34)15(8-17(28-20)13(3)4)21(32)27-14-5-6-18(16(24)7-14)31-11-25-10-26-31/h5-8,10-13H,9H2,1-4H3,(H,27,32)(H,29,33,34). The van der Waals surface area contributed by atoms with Crippen LogP contribution < -0.4 is 16.6 Å². The third-order valence-electron chi connectivity index (χ3n) is 5.22. The van der Waals surface area contributed by atoms with E-state index in [4.69, 9.17) is 0 Å². The largest absolute Gasteiger partial charge is 0.330 e. The fourth-order valence-corrected chi connectivity index (χ4v) is 3.60. The van der Waals surface area contributed by atoms with E-state index in [-0.39, 0.29) is 39.8 Å². The minimum Gasteiger partial charge on any atom is -0.322 e. The maximum Gasteiger partial charge on any atom is 0.330 e. The third kappa shape index (κ3) is 4.36. The lowest BCUT2D eigenvalue weighted by molar-refractivity contribution is 0.102. The van der Waals surface area contributed by atoms with E-state index in [0.29, 0.717) is 12.2 Å². The monoisotopic (exact) mass is 465 g/mol. The van der Waals surface area contributed by atoms with Crippen LogP contribution in [0.4, 0.5) is 10.1 Å². The predicted octanol–water partition coefficient (Wildman–Crippen LogP) is 2.84. The van der Waals surface area contributed by atoms with Crippen LogP contribution in [0, 0.1) is 11.7 Å². The molecule has 1 aromatic carbocycles.